The highest BCUT2D eigenvalue weighted by Crippen LogP contribution is 2.31. The third-order valence-electron chi connectivity index (χ3n) is 4.80. The van der Waals surface area contributed by atoms with Crippen LogP contribution in [0, 0.1) is 0 Å². The molecule has 0 heterocycles. The Hall–Kier alpha value is -3.43. The van der Waals surface area contributed by atoms with Crippen molar-refractivity contribution in [1.29, 1.82) is 0 Å². The molecule has 3 aromatic carbocycles. The summed E-state index contributed by atoms with van der Waals surface area (Å²) in [7, 11) is 0. The van der Waals surface area contributed by atoms with Gasteiger partial charge in [-0.05, 0) is 48.9 Å². The number of para-hydroxylation sites is 1. The maximum absolute atomic E-state index is 13.0. The van der Waals surface area contributed by atoms with Crippen LogP contribution < -0.4 is 20.9 Å². The van der Waals surface area contributed by atoms with Crippen LogP contribution in [0.5, 0.6) is 0 Å². The lowest BCUT2D eigenvalue weighted by Gasteiger charge is -2.23. The number of rotatable bonds is 7. The molecule has 0 atom stereocenters. The van der Waals surface area contributed by atoms with Crippen molar-refractivity contribution in [3.63, 3.8) is 0 Å². The standard InChI is InChI=1S/C24H21Cl2F3N4O2/c25-19-11-5-12-20(21(19)26)32-22(34)30-13-6-14-33(18-9-2-1-3-10-18)23(35)31-17-8-4-7-16(15-17)24(27,28)29/h1-5,7-12,15H,6,13-14H2,(H,31,35)(H2,30,32,34). The third kappa shape index (κ3) is 7.53. The fraction of sp³-hybridized carbons (Fsp3) is 0.167. The lowest BCUT2D eigenvalue weighted by molar-refractivity contribution is -0.137. The fourth-order valence-electron chi connectivity index (χ4n) is 3.13. The van der Waals surface area contributed by atoms with Gasteiger partial charge in [0.2, 0.25) is 0 Å². The molecule has 0 bridgehead atoms. The maximum Gasteiger partial charge on any atom is 0.416 e. The van der Waals surface area contributed by atoms with E-state index in [1.54, 1.807) is 48.5 Å². The number of carbonyl (C=O) groups excluding carboxylic acids is 2. The molecule has 0 aliphatic rings. The van der Waals surface area contributed by atoms with Crippen LogP contribution in [0.15, 0.2) is 72.8 Å². The molecule has 0 fully saturated rings. The Kier molecular flexibility index (Phi) is 8.84. The van der Waals surface area contributed by atoms with Crippen molar-refractivity contribution in [2.45, 2.75) is 12.6 Å². The quantitative estimate of drug-likeness (QED) is 0.284. The Labute approximate surface area is 210 Å². The number of alkyl halides is 3. The van der Waals surface area contributed by atoms with Gasteiger partial charge in [-0.1, -0.05) is 53.5 Å². The molecule has 0 aliphatic heterocycles. The van der Waals surface area contributed by atoms with Gasteiger partial charge in [0.1, 0.15) is 0 Å². The van der Waals surface area contributed by atoms with Gasteiger partial charge in [0, 0.05) is 24.5 Å². The number of carbonyl (C=O) groups is 2. The highest BCUT2D eigenvalue weighted by Gasteiger charge is 2.30. The Balaban J connectivity index is 1.60. The van der Waals surface area contributed by atoms with E-state index in [4.69, 9.17) is 23.2 Å². The maximum atomic E-state index is 13.0. The molecule has 184 valence electrons. The van der Waals surface area contributed by atoms with E-state index in [0.29, 0.717) is 22.8 Å². The lowest BCUT2D eigenvalue weighted by Crippen LogP contribution is -2.38. The number of hydrogen-bond acceptors (Lipinski definition) is 2. The minimum absolute atomic E-state index is 0.0154. The zero-order valence-electron chi connectivity index (χ0n) is 18.2. The van der Waals surface area contributed by atoms with Gasteiger partial charge < -0.3 is 16.0 Å². The molecule has 0 spiro atoms. The summed E-state index contributed by atoms with van der Waals surface area (Å²) in [6.45, 7) is 0.400. The molecular weight excluding hydrogens is 504 g/mol. The average molecular weight is 525 g/mol. The zero-order valence-corrected chi connectivity index (χ0v) is 19.7. The van der Waals surface area contributed by atoms with Gasteiger partial charge in [-0.3, -0.25) is 4.90 Å². The molecule has 3 rings (SSSR count). The predicted octanol–water partition coefficient (Wildman–Crippen LogP) is 7.26. The number of nitrogens with zero attached hydrogens (tertiary/aromatic N) is 1. The van der Waals surface area contributed by atoms with Crippen LogP contribution in [-0.4, -0.2) is 25.2 Å². The van der Waals surface area contributed by atoms with E-state index in [1.807, 2.05) is 0 Å². The van der Waals surface area contributed by atoms with Crippen molar-refractivity contribution < 1.29 is 22.8 Å². The van der Waals surface area contributed by atoms with Crippen molar-refractivity contribution in [2.75, 3.05) is 28.6 Å². The van der Waals surface area contributed by atoms with Gasteiger partial charge in [0.15, 0.2) is 0 Å². The van der Waals surface area contributed by atoms with Crippen molar-refractivity contribution in [3.05, 3.63) is 88.4 Å². The van der Waals surface area contributed by atoms with Crippen LogP contribution in [0.2, 0.25) is 10.0 Å². The molecule has 3 aromatic rings. The van der Waals surface area contributed by atoms with E-state index in [1.165, 1.54) is 17.0 Å². The van der Waals surface area contributed by atoms with Gasteiger partial charge in [-0.2, -0.15) is 13.2 Å². The number of anilines is 3. The molecule has 0 aliphatic carbocycles. The zero-order chi connectivity index (χ0) is 25.4. The van der Waals surface area contributed by atoms with Crippen molar-refractivity contribution in [3.8, 4) is 0 Å². The van der Waals surface area contributed by atoms with Crippen LogP contribution in [0.3, 0.4) is 0 Å². The summed E-state index contributed by atoms with van der Waals surface area (Å²) in [5, 5.41) is 8.28. The molecular formula is C24H21Cl2F3N4O2. The summed E-state index contributed by atoms with van der Waals surface area (Å²) in [6.07, 6.45) is -4.16. The smallest absolute Gasteiger partial charge is 0.338 e. The Bertz CT molecular complexity index is 1180. The normalized spacial score (nSPS) is 11.0. The van der Waals surface area contributed by atoms with Crippen molar-refractivity contribution in [1.82, 2.24) is 5.32 Å². The first-order chi connectivity index (χ1) is 16.6. The van der Waals surface area contributed by atoms with Crippen molar-refractivity contribution in [2.24, 2.45) is 0 Å². The summed E-state index contributed by atoms with van der Waals surface area (Å²) in [6, 6.07) is 16.8. The van der Waals surface area contributed by atoms with Gasteiger partial charge in [-0.15, -0.1) is 0 Å². The predicted molar refractivity (Wildman–Crippen MR) is 132 cm³/mol. The number of urea groups is 2. The second-order valence-corrected chi connectivity index (χ2v) is 8.12. The molecule has 4 amide bonds. The Morgan fingerprint density at radius 1 is 0.886 bits per heavy atom. The minimum Gasteiger partial charge on any atom is -0.338 e. The van der Waals surface area contributed by atoms with E-state index >= 15 is 0 Å². The molecule has 11 heteroatoms. The topological polar surface area (TPSA) is 73.5 Å². The van der Waals surface area contributed by atoms with Gasteiger partial charge in [-0.25, -0.2) is 9.59 Å². The number of halogens is 5. The molecule has 0 saturated heterocycles. The second-order valence-electron chi connectivity index (χ2n) is 7.33. The lowest BCUT2D eigenvalue weighted by atomic mass is 10.2. The summed E-state index contributed by atoms with van der Waals surface area (Å²) in [5.41, 5.74) is 0.0495. The van der Waals surface area contributed by atoms with E-state index < -0.39 is 23.8 Å². The molecule has 0 radical (unpaired) electrons. The first-order valence-corrected chi connectivity index (χ1v) is 11.2. The monoisotopic (exact) mass is 524 g/mol. The number of nitrogens with one attached hydrogen (secondary N) is 3. The minimum atomic E-state index is -4.53. The highest BCUT2D eigenvalue weighted by molar-refractivity contribution is 6.43. The molecule has 0 saturated carbocycles. The van der Waals surface area contributed by atoms with Crippen LogP contribution >= 0.6 is 23.2 Å². The van der Waals surface area contributed by atoms with Crippen LogP contribution in [0.25, 0.3) is 0 Å². The first-order valence-electron chi connectivity index (χ1n) is 10.4. The van der Waals surface area contributed by atoms with Gasteiger partial charge >= 0.3 is 18.2 Å². The van der Waals surface area contributed by atoms with Crippen molar-refractivity contribution >= 4 is 52.3 Å². The number of amides is 4. The van der Waals surface area contributed by atoms with E-state index in [2.05, 4.69) is 16.0 Å². The largest absolute Gasteiger partial charge is 0.416 e. The number of benzene rings is 3. The average Bonchev–Trinajstić information content (AvgIpc) is 2.82. The highest BCUT2D eigenvalue weighted by atomic mass is 35.5. The Morgan fingerprint density at radius 2 is 1.60 bits per heavy atom. The van der Waals surface area contributed by atoms with E-state index in [0.717, 1.165) is 12.1 Å². The van der Waals surface area contributed by atoms with Crippen LogP contribution in [-0.2, 0) is 6.18 Å². The summed E-state index contributed by atoms with van der Waals surface area (Å²) in [4.78, 5) is 26.5. The molecule has 35 heavy (non-hydrogen) atoms. The molecule has 6 nitrogen and oxygen atoms in total. The third-order valence-corrected chi connectivity index (χ3v) is 5.62. The molecule has 3 N–H and O–H groups in total. The Morgan fingerprint density at radius 3 is 2.31 bits per heavy atom. The fourth-order valence-corrected chi connectivity index (χ4v) is 3.47. The first kappa shape index (κ1) is 26.2. The summed E-state index contributed by atoms with van der Waals surface area (Å²) < 4.78 is 39.0. The van der Waals surface area contributed by atoms with Gasteiger partial charge in [0.05, 0.1) is 21.3 Å². The number of hydrogen-bond donors (Lipinski definition) is 3. The van der Waals surface area contributed by atoms with E-state index in [-0.39, 0.29) is 23.8 Å². The molecule has 0 unspecified atom stereocenters. The second kappa shape index (κ2) is 11.8. The van der Waals surface area contributed by atoms with Crippen LogP contribution in [0.1, 0.15) is 12.0 Å². The molecule has 0 aromatic heterocycles. The SMILES string of the molecule is O=C(NCCCN(C(=O)Nc1cccc(C(F)(F)F)c1)c1ccccc1)Nc1cccc(Cl)c1Cl. The van der Waals surface area contributed by atoms with E-state index in [9.17, 15) is 22.8 Å². The van der Waals surface area contributed by atoms with Crippen LogP contribution in [0.4, 0.5) is 39.8 Å². The van der Waals surface area contributed by atoms with Gasteiger partial charge in [0.25, 0.3) is 0 Å². The summed E-state index contributed by atoms with van der Waals surface area (Å²) >= 11 is 12.0. The summed E-state index contributed by atoms with van der Waals surface area (Å²) in [5.74, 6) is 0.